The summed E-state index contributed by atoms with van der Waals surface area (Å²) in [5.74, 6) is 0.458. The first-order valence-electron chi connectivity index (χ1n) is 4.00. The molecule has 0 saturated carbocycles. The Balaban J connectivity index is 2.90. The second kappa shape index (κ2) is 6.02. The van der Waals surface area contributed by atoms with Crippen molar-refractivity contribution in [3.8, 4) is 0 Å². The van der Waals surface area contributed by atoms with E-state index in [1.807, 2.05) is 17.4 Å². The molecule has 0 amide bonds. The van der Waals surface area contributed by atoms with Gasteiger partial charge in [0.1, 0.15) is 0 Å². The molecule has 6 heteroatoms. The number of hydrogen-bond acceptors (Lipinski definition) is 2. The van der Waals surface area contributed by atoms with Crippen LogP contribution in [0.1, 0.15) is 23.2 Å². The summed E-state index contributed by atoms with van der Waals surface area (Å²) in [6, 6.07) is 0. The Hall–Kier alpha value is 0.138. The number of rotatable bonds is 4. The zero-order valence-corrected chi connectivity index (χ0v) is 13.9. The standard InChI is InChI=1S/C9H8Br2N2O.W/c1-5(2)3-7-12-4-6(13-7)8(14)9(10)11;/h1,3-4,9H,2H3,(H,12,13,14);/p-1/b5-3+;. The number of aromatic nitrogens is 2. The van der Waals surface area contributed by atoms with Crippen molar-refractivity contribution in [1.29, 1.82) is 0 Å². The fraction of sp³-hybridized carbons (Fsp3) is 0.222. The quantitative estimate of drug-likeness (QED) is 0.468. The monoisotopic (exact) mass is 501 g/mol. The number of carbonyl (C=O) groups excluding carboxylic acids is 1. The van der Waals surface area contributed by atoms with Crippen molar-refractivity contribution in [2.75, 3.05) is 0 Å². The van der Waals surface area contributed by atoms with Gasteiger partial charge in [0.25, 0.3) is 0 Å². The number of alkyl halides is 2. The van der Waals surface area contributed by atoms with E-state index in [2.05, 4.69) is 41.8 Å². The van der Waals surface area contributed by atoms with E-state index in [-0.39, 0.29) is 5.78 Å². The fourth-order valence-corrected chi connectivity index (χ4v) is 1.56. The number of hydrogen-bond donors (Lipinski definition) is 0. The number of halogens is 2. The predicted molar refractivity (Wildman–Crippen MR) is 63.2 cm³/mol. The fourth-order valence-electron chi connectivity index (χ4n) is 0.846. The minimum atomic E-state index is -0.401. The van der Waals surface area contributed by atoms with E-state index < -0.39 is 3.74 Å². The third kappa shape index (κ3) is 3.89. The second-order valence-corrected chi connectivity index (χ2v) is 6.69. The van der Waals surface area contributed by atoms with Crippen LogP contribution in [0.2, 0.25) is 0 Å². The van der Waals surface area contributed by atoms with Gasteiger partial charge in [-0.3, -0.25) is 0 Å². The Morgan fingerprint density at radius 1 is 1.67 bits per heavy atom. The summed E-state index contributed by atoms with van der Waals surface area (Å²) in [7, 11) is 0. The number of carbonyl (C=O) groups is 1. The van der Waals surface area contributed by atoms with Gasteiger partial charge in [-0.05, 0) is 0 Å². The third-order valence-corrected chi connectivity index (χ3v) is 3.71. The maximum atomic E-state index is 11.5. The van der Waals surface area contributed by atoms with Gasteiger partial charge in [0, 0.05) is 0 Å². The van der Waals surface area contributed by atoms with Gasteiger partial charge in [-0.15, -0.1) is 0 Å². The van der Waals surface area contributed by atoms with Gasteiger partial charge in [-0.2, -0.15) is 0 Å². The second-order valence-electron chi connectivity index (χ2n) is 2.78. The van der Waals surface area contributed by atoms with Crippen molar-refractivity contribution in [2.24, 2.45) is 0 Å². The van der Waals surface area contributed by atoms with Crippen molar-refractivity contribution >= 4 is 48.1 Å². The molecule has 1 rings (SSSR count). The van der Waals surface area contributed by atoms with E-state index >= 15 is 0 Å². The SMILES string of the molecule is C/C([CH]=[W])=C/c1ncc(C(=O)C(Br)Br)[n-]1. The summed E-state index contributed by atoms with van der Waals surface area (Å²) in [6.45, 7) is 1.97. The molecular weight excluding hydrogens is 496 g/mol. The number of Topliss-reactive ketones (excluding diaryl/α,β-unsaturated/α-hetero) is 1. The third-order valence-electron chi connectivity index (χ3n) is 1.55. The molecule has 0 fully saturated rings. The van der Waals surface area contributed by atoms with Crippen LogP contribution in [0.4, 0.5) is 0 Å². The molecule has 0 unspecified atom stereocenters. The zero-order chi connectivity index (χ0) is 11.4. The summed E-state index contributed by atoms with van der Waals surface area (Å²) >= 11 is 7.64. The molecule has 15 heavy (non-hydrogen) atoms. The molecule has 0 N–H and O–H groups in total. The van der Waals surface area contributed by atoms with Gasteiger partial charge in [-0.1, -0.05) is 0 Å². The number of allylic oxidation sites excluding steroid dienone is 1. The predicted octanol–water partition coefficient (Wildman–Crippen LogP) is 2.09. The summed E-state index contributed by atoms with van der Waals surface area (Å²) in [4.78, 5) is 19.7. The van der Waals surface area contributed by atoms with Crippen LogP contribution in [0.25, 0.3) is 6.08 Å². The number of ketones is 1. The summed E-state index contributed by atoms with van der Waals surface area (Å²) in [5, 5.41) is 0. The average Bonchev–Trinajstić information content (AvgIpc) is 2.64. The van der Waals surface area contributed by atoms with Crippen LogP contribution in [0.3, 0.4) is 0 Å². The molecule has 0 aliphatic heterocycles. The van der Waals surface area contributed by atoms with Crippen LogP contribution in [-0.4, -0.2) is 18.9 Å². The van der Waals surface area contributed by atoms with E-state index in [1.54, 1.807) is 0 Å². The van der Waals surface area contributed by atoms with Crippen molar-refractivity contribution < 1.29 is 24.1 Å². The topological polar surface area (TPSA) is 44.1 Å². The van der Waals surface area contributed by atoms with E-state index in [1.165, 1.54) is 25.6 Å². The van der Waals surface area contributed by atoms with Crippen LogP contribution in [0.15, 0.2) is 11.8 Å². The molecule has 0 aliphatic rings. The van der Waals surface area contributed by atoms with Crippen LogP contribution in [-0.2, 0) is 19.4 Å². The van der Waals surface area contributed by atoms with Gasteiger partial charge < -0.3 is 0 Å². The molecule has 0 atom stereocenters. The van der Waals surface area contributed by atoms with Crippen molar-refractivity contribution in [2.45, 2.75) is 10.7 Å². The van der Waals surface area contributed by atoms with E-state index in [4.69, 9.17) is 0 Å². The normalized spacial score (nSPS) is 11.9. The summed E-state index contributed by atoms with van der Waals surface area (Å²) < 4.78 is 1.64. The van der Waals surface area contributed by atoms with Gasteiger partial charge >= 0.3 is 116 Å². The van der Waals surface area contributed by atoms with E-state index in [9.17, 15) is 4.79 Å². The molecule has 0 aliphatic carbocycles. The Labute approximate surface area is 115 Å². The van der Waals surface area contributed by atoms with Crippen LogP contribution >= 0.6 is 31.9 Å². The molecule has 1 aromatic rings. The van der Waals surface area contributed by atoms with Gasteiger partial charge in [0.05, 0.1) is 0 Å². The first-order valence-corrected chi connectivity index (χ1v) is 7.52. The Kier molecular flexibility index (Phi) is 5.30. The average molecular weight is 503 g/mol. The molecule has 0 saturated heterocycles. The van der Waals surface area contributed by atoms with Crippen LogP contribution < -0.4 is 4.98 Å². The molecule has 0 radical (unpaired) electrons. The van der Waals surface area contributed by atoms with Gasteiger partial charge in [-0.25, -0.2) is 0 Å². The Bertz CT molecular complexity index is 412. The molecule has 0 spiro atoms. The number of imidazole rings is 1. The van der Waals surface area contributed by atoms with Gasteiger partial charge in [0.15, 0.2) is 0 Å². The van der Waals surface area contributed by atoms with Crippen molar-refractivity contribution in [1.82, 2.24) is 9.97 Å². The first-order chi connectivity index (χ1) is 7.04. The minimum absolute atomic E-state index is 0.120. The molecular formula is C9H7Br2N2OW-. The van der Waals surface area contributed by atoms with Crippen molar-refractivity contribution in [3.05, 3.63) is 23.3 Å². The molecule has 1 heterocycles. The Morgan fingerprint density at radius 2 is 2.33 bits per heavy atom. The van der Waals surface area contributed by atoms with Crippen LogP contribution in [0, 0.1) is 0 Å². The van der Waals surface area contributed by atoms with E-state index in [0.29, 0.717) is 11.5 Å². The molecule has 80 valence electrons. The van der Waals surface area contributed by atoms with Gasteiger partial charge in [0.2, 0.25) is 0 Å². The Morgan fingerprint density at radius 3 is 2.87 bits per heavy atom. The van der Waals surface area contributed by atoms with E-state index in [0.717, 1.165) is 5.57 Å². The van der Waals surface area contributed by atoms with Crippen molar-refractivity contribution in [3.63, 3.8) is 0 Å². The first kappa shape index (κ1) is 13.2. The summed E-state index contributed by atoms with van der Waals surface area (Å²) in [5.41, 5.74) is 1.47. The van der Waals surface area contributed by atoms with Crippen LogP contribution in [0.5, 0.6) is 0 Å². The molecule has 0 aromatic carbocycles. The molecule has 1 aromatic heterocycles. The summed E-state index contributed by atoms with van der Waals surface area (Å²) in [6.07, 6.45) is 3.33. The molecule has 0 bridgehead atoms. The zero-order valence-electron chi connectivity index (χ0n) is 7.78. The number of nitrogens with zero attached hydrogens (tertiary/aromatic N) is 2. The maximum absolute atomic E-state index is 11.5. The molecule has 3 nitrogen and oxygen atoms in total.